The molecule has 0 unspecified atom stereocenters. The summed E-state index contributed by atoms with van der Waals surface area (Å²) >= 11 is 3.06. The average molecular weight is 320 g/mol. The maximum absolute atomic E-state index is 12.7. The summed E-state index contributed by atoms with van der Waals surface area (Å²) in [6, 6.07) is 3.58. The van der Waals surface area contributed by atoms with Crippen LogP contribution in [0, 0.1) is 6.92 Å². The van der Waals surface area contributed by atoms with Crippen molar-refractivity contribution in [2.24, 2.45) is 0 Å². The van der Waals surface area contributed by atoms with Crippen LogP contribution in [0.15, 0.2) is 28.9 Å². The van der Waals surface area contributed by atoms with Gasteiger partial charge in [-0.2, -0.15) is 18.3 Å². The molecule has 0 saturated heterocycles. The van der Waals surface area contributed by atoms with Gasteiger partial charge in [-0.1, -0.05) is 15.9 Å². The molecular weight excluding hydrogens is 311 g/mol. The van der Waals surface area contributed by atoms with Crippen molar-refractivity contribution in [1.29, 1.82) is 0 Å². The van der Waals surface area contributed by atoms with Crippen LogP contribution in [0.1, 0.15) is 11.1 Å². The van der Waals surface area contributed by atoms with Gasteiger partial charge in [0.15, 0.2) is 0 Å². The van der Waals surface area contributed by atoms with Crippen molar-refractivity contribution >= 4 is 21.7 Å². The minimum absolute atomic E-state index is 0.295. The van der Waals surface area contributed by atoms with Crippen LogP contribution >= 0.6 is 15.9 Å². The summed E-state index contributed by atoms with van der Waals surface area (Å²) in [5.74, 6) is 0.295. The fraction of sp³-hybridized carbons (Fsp3) is 0.182. The van der Waals surface area contributed by atoms with Crippen molar-refractivity contribution in [1.82, 2.24) is 9.78 Å². The Morgan fingerprint density at radius 2 is 1.94 bits per heavy atom. The monoisotopic (exact) mass is 319 g/mol. The van der Waals surface area contributed by atoms with E-state index in [-0.39, 0.29) is 0 Å². The Hall–Kier alpha value is -1.50. The Morgan fingerprint density at radius 1 is 1.28 bits per heavy atom. The highest BCUT2D eigenvalue weighted by Crippen LogP contribution is 2.33. The fourth-order valence-electron chi connectivity index (χ4n) is 1.48. The van der Waals surface area contributed by atoms with Gasteiger partial charge in [0, 0.05) is 16.2 Å². The molecule has 0 amide bonds. The molecule has 2 rings (SSSR count). The third kappa shape index (κ3) is 2.50. The normalized spacial score (nSPS) is 11.8. The summed E-state index contributed by atoms with van der Waals surface area (Å²) in [7, 11) is 0. The number of hydrogen-bond donors (Lipinski definition) is 1. The van der Waals surface area contributed by atoms with Crippen LogP contribution in [-0.4, -0.2) is 9.78 Å². The summed E-state index contributed by atoms with van der Waals surface area (Å²) in [5.41, 5.74) is 5.85. The Balaban J connectivity index is 2.55. The second-order valence-electron chi connectivity index (χ2n) is 3.84. The number of nitrogens with zero attached hydrogens (tertiary/aromatic N) is 2. The first-order valence-electron chi connectivity index (χ1n) is 4.97. The van der Waals surface area contributed by atoms with E-state index in [0.717, 1.165) is 12.1 Å². The van der Waals surface area contributed by atoms with Gasteiger partial charge in [-0.25, -0.2) is 4.68 Å². The predicted molar refractivity (Wildman–Crippen MR) is 65.4 cm³/mol. The van der Waals surface area contributed by atoms with Gasteiger partial charge in [0.05, 0.1) is 11.3 Å². The zero-order chi connectivity index (χ0) is 13.5. The topological polar surface area (TPSA) is 43.8 Å². The van der Waals surface area contributed by atoms with E-state index in [0.29, 0.717) is 21.5 Å². The number of rotatable bonds is 1. The molecule has 0 aliphatic carbocycles. The molecule has 0 saturated carbocycles. The Labute approximate surface area is 110 Å². The van der Waals surface area contributed by atoms with Crippen molar-refractivity contribution in [2.45, 2.75) is 13.1 Å². The quantitative estimate of drug-likeness (QED) is 0.873. The molecule has 96 valence electrons. The van der Waals surface area contributed by atoms with E-state index in [1.165, 1.54) is 4.68 Å². The van der Waals surface area contributed by atoms with Crippen LogP contribution in [0.4, 0.5) is 19.0 Å². The highest BCUT2D eigenvalue weighted by molar-refractivity contribution is 9.10. The van der Waals surface area contributed by atoms with Crippen LogP contribution < -0.4 is 5.73 Å². The number of aryl methyl sites for hydroxylation is 1. The van der Waals surface area contributed by atoms with E-state index in [1.807, 2.05) is 0 Å². The summed E-state index contributed by atoms with van der Waals surface area (Å²) < 4.78 is 39.7. The molecule has 0 radical (unpaired) electrons. The van der Waals surface area contributed by atoms with E-state index < -0.39 is 11.7 Å². The van der Waals surface area contributed by atoms with E-state index in [2.05, 4.69) is 21.0 Å². The van der Waals surface area contributed by atoms with Gasteiger partial charge < -0.3 is 5.73 Å². The third-order valence-corrected chi connectivity index (χ3v) is 2.87. The number of nitrogens with two attached hydrogens (primary N) is 1. The maximum atomic E-state index is 12.7. The summed E-state index contributed by atoms with van der Waals surface area (Å²) in [6.07, 6.45) is -2.82. The zero-order valence-corrected chi connectivity index (χ0v) is 10.9. The smallest absolute Gasteiger partial charge is 0.382 e. The lowest BCUT2D eigenvalue weighted by atomic mass is 10.2. The maximum Gasteiger partial charge on any atom is 0.416 e. The van der Waals surface area contributed by atoms with Crippen LogP contribution in [0.2, 0.25) is 0 Å². The van der Waals surface area contributed by atoms with Crippen LogP contribution in [0.25, 0.3) is 5.69 Å². The summed E-state index contributed by atoms with van der Waals surface area (Å²) in [5, 5.41) is 3.95. The van der Waals surface area contributed by atoms with Crippen molar-refractivity contribution in [2.75, 3.05) is 5.73 Å². The Kier molecular flexibility index (Phi) is 3.10. The molecular formula is C11H9BrF3N3. The van der Waals surface area contributed by atoms with Crippen molar-refractivity contribution in [3.05, 3.63) is 40.0 Å². The van der Waals surface area contributed by atoms with E-state index in [1.54, 1.807) is 19.2 Å². The van der Waals surface area contributed by atoms with Gasteiger partial charge in [-0.15, -0.1) is 0 Å². The first kappa shape index (κ1) is 12.9. The number of hydrogen-bond acceptors (Lipinski definition) is 2. The molecule has 7 heteroatoms. The predicted octanol–water partition coefficient (Wildman–Crippen LogP) is 3.54. The van der Waals surface area contributed by atoms with Gasteiger partial charge in [0.2, 0.25) is 0 Å². The molecule has 1 aromatic carbocycles. The number of aromatic nitrogens is 2. The zero-order valence-electron chi connectivity index (χ0n) is 9.29. The molecule has 0 bridgehead atoms. The minimum atomic E-state index is -4.40. The standard InChI is InChI=1S/C11H9BrF3N3/c1-6-5-18(17-10(6)16)9-3-7(11(13,14)15)2-8(12)4-9/h2-5H,1H3,(H2,16,17). The van der Waals surface area contributed by atoms with E-state index in [9.17, 15) is 13.2 Å². The molecule has 0 aliphatic heterocycles. The fourth-order valence-corrected chi connectivity index (χ4v) is 1.96. The van der Waals surface area contributed by atoms with E-state index >= 15 is 0 Å². The molecule has 0 aliphatic rings. The molecule has 18 heavy (non-hydrogen) atoms. The Bertz CT molecular complexity index is 570. The first-order valence-corrected chi connectivity index (χ1v) is 5.76. The SMILES string of the molecule is Cc1cn(-c2cc(Br)cc(C(F)(F)F)c2)nc1N. The summed E-state index contributed by atoms with van der Waals surface area (Å²) in [4.78, 5) is 0. The molecule has 2 N–H and O–H groups in total. The molecule has 3 nitrogen and oxygen atoms in total. The highest BCUT2D eigenvalue weighted by Gasteiger charge is 2.31. The van der Waals surface area contributed by atoms with Gasteiger partial charge in [-0.05, 0) is 25.1 Å². The van der Waals surface area contributed by atoms with Crippen LogP contribution in [-0.2, 0) is 6.18 Å². The minimum Gasteiger partial charge on any atom is -0.382 e. The average Bonchev–Trinajstić information content (AvgIpc) is 2.57. The second-order valence-corrected chi connectivity index (χ2v) is 4.75. The number of alkyl halides is 3. The van der Waals surface area contributed by atoms with Gasteiger partial charge in [0.25, 0.3) is 0 Å². The van der Waals surface area contributed by atoms with Crippen LogP contribution in [0.5, 0.6) is 0 Å². The molecule has 1 heterocycles. The molecule has 0 atom stereocenters. The van der Waals surface area contributed by atoms with Crippen LogP contribution in [0.3, 0.4) is 0 Å². The number of nitrogen functional groups attached to an aromatic ring is 1. The van der Waals surface area contributed by atoms with Crippen molar-refractivity contribution in [3.8, 4) is 5.69 Å². The van der Waals surface area contributed by atoms with Crippen molar-refractivity contribution in [3.63, 3.8) is 0 Å². The second kappa shape index (κ2) is 4.31. The lowest BCUT2D eigenvalue weighted by Crippen LogP contribution is -2.07. The first-order chi connectivity index (χ1) is 8.27. The van der Waals surface area contributed by atoms with Gasteiger partial charge in [-0.3, -0.25) is 0 Å². The van der Waals surface area contributed by atoms with Gasteiger partial charge in [0.1, 0.15) is 5.82 Å². The molecule has 1 aromatic heterocycles. The number of benzene rings is 1. The lowest BCUT2D eigenvalue weighted by Gasteiger charge is -2.10. The molecule has 0 fully saturated rings. The Morgan fingerprint density at radius 3 is 2.44 bits per heavy atom. The van der Waals surface area contributed by atoms with E-state index in [4.69, 9.17) is 5.73 Å². The van der Waals surface area contributed by atoms with Crippen molar-refractivity contribution < 1.29 is 13.2 Å². The summed E-state index contributed by atoms with van der Waals surface area (Å²) in [6.45, 7) is 1.74. The molecule has 0 spiro atoms. The highest BCUT2D eigenvalue weighted by atomic mass is 79.9. The number of anilines is 1. The lowest BCUT2D eigenvalue weighted by molar-refractivity contribution is -0.137. The molecule has 2 aromatic rings. The van der Waals surface area contributed by atoms with Gasteiger partial charge >= 0.3 is 6.18 Å². The third-order valence-electron chi connectivity index (χ3n) is 2.41. The largest absolute Gasteiger partial charge is 0.416 e. The number of halogens is 4.